The summed E-state index contributed by atoms with van der Waals surface area (Å²) >= 11 is 0. The monoisotopic (exact) mass is 434 g/mol. The van der Waals surface area contributed by atoms with Crippen molar-refractivity contribution in [3.8, 4) is 11.1 Å². The molecule has 1 fully saturated rings. The molecule has 2 heterocycles. The van der Waals surface area contributed by atoms with Crippen LogP contribution in [-0.4, -0.2) is 34.2 Å². The maximum absolute atomic E-state index is 13.4. The second-order valence-corrected chi connectivity index (χ2v) is 8.18. The third-order valence-corrected chi connectivity index (χ3v) is 6.24. The first-order chi connectivity index (χ1) is 15.5. The summed E-state index contributed by atoms with van der Waals surface area (Å²) in [5, 5.41) is 9.35. The standard InChI is InChI=1S/C26H27FN2O3/c1-19(20-5-7-21(8-6-20)22-4-2-15-28-18-22)29-16-14-26(13-3-17-30,32-25(29)31)23-9-11-24(27)12-10-23/h2,4-12,15,18-19,30H,3,13-14,16-17H2,1H3/t19-,26?/m0/s1. The molecule has 1 N–H and O–H groups in total. The molecule has 1 aliphatic rings. The van der Waals surface area contributed by atoms with E-state index in [1.54, 1.807) is 23.2 Å². The minimum atomic E-state index is -0.853. The number of ether oxygens (including phenoxy) is 1. The summed E-state index contributed by atoms with van der Waals surface area (Å²) in [7, 11) is 0. The van der Waals surface area contributed by atoms with E-state index in [0.29, 0.717) is 25.8 Å². The Morgan fingerprint density at radius 3 is 2.50 bits per heavy atom. The molecule has 6 heteroatoms. The highest BCUT2D eigenvalue weighted by atomic mass is 19.1. The molecule has 166 valence electrons. The molecule has 4 rings (SSSR count). The topological polar surface area (TPSA) is 62.7 Å². The highest BCUT2D eigenvalue weighted by Gasteiger charge is 2.43. The second kappa shape index (κ2) is 9.49. The highest BCUT2D eigenvalue weighted by molar-refractivity contribution is 5.70. The van der Waals surface area contributed by atoms with Crippen LogP contribution in [-0.2, 0) is 10.3 Å². The highest BCUT2D eigenvalue weighted by Crippen LogP contribution is 2.40. The van der Waals surface area contributed by atoms with Crippen LogP contribution in [0.15, 0.2) is 73.1 Å². The summed E-state index contributed by atoms with van der Waals surface area (Å²) in [6.07, 6.45) is 4.72. The van der Waals surface area contributed by atoms with E-state index in [-0.39, 0.29) is 18.5 Å². The van der Waals surface area contributed by atoms with Gasteiger partial charge in [0.1, 0.15) is 11.4 Å². The molecule has 0 saturated carbocycles. The lowest BCUT2D eigenvalue weighted by Crippen LogP contribution is -2.48. The van der Waals surface area contributed by atoms with Crippen LogP contribution in [0.3, 0.4) is 0 Å². The minimum absolute atomic E-state index is 0.00386. The van der Waals surface area contributed by atoms with Gasteiger partial charge in [-0.05, 0) is 60.2 Å². The lowest BCUT2D eigenvalue weighted by Gasteiger charge is -2.43. The molecule has 0 bridgehead atoms. The number of aliphatic hydroxyl groups is 1. The van der Waals surface area contributed by atoms with Gasteiger partial charge in [0.15, 0.2) is 0 Å². The third-order valence-electron chi connectivity index (χ3n) is 6.24. The first-order valence-corrected chi connectivity index (χ1v) is 10.9. The SMILES string of the molecule is C[C@@H](c1ccc(-c2cccnc2)cc1)N1CCC(CCCO)(c2ccc(F)cc2)OC1=O. The maximum atomic E-state index is 13.4. The molecule has 0 aliphatic carbocycles. The summed E-state index contributed by atoms with van der Waals surface area (Å²) in [4.78, 5) is 19.0. The predicted octanol–water partition coefficient (Wildman–Crippen LogP) is 5.46. The van der Waals surface area contributed by atoms with E-state index in [2.05, 4.69) is 4.98 Å². The van der Waals surface area contributed by atoms with Crippen LogP contribution in [0.5, 0.6) is 0 Å². The Labute approximate surface area is 187 Å². The predicted molar refractivity (Wildman–Crippen MR) is 120 cm³/mol. The van der Waals surface area contributed by atoms with Gasteiger partial charge in [-0.3, -0.25) is 4.98 Å². The Kier molecular flexibility index (Phi) is 6.51. The molecule has 2 aromatic carbocycles. The fourth-order valence-corrected chi connectivity index (χ4v) is 4.33. The number of cyclic esters (lactones) is 1. The number of carbonyl (C=O) groups excluding carboxylic acids is 1. The minimum Gasteiger partial charge on any atom is -0.438 e. The van der Waals surface area contributed by atoms with Crippen LogP contribution in [0.2, 0.25) is 0 Å². The lowest BCUT2D eigenvalue weighted by molar-refractivity contribution is -0.0680. The molecule has 1 saturated heterocycles. The van der Waals surface area contributed by atoms with E-state index in [1.807, 2.05) is 49.5 Å². The number of aromatic nitrogens is 1. The molecular formula is C26H27FN2O3. The Morgan fingerprint density at radius 2 is 1.88 bits per heavy atom. The van der Waals surface area contributed by atoms with Gasteiger partial charge in [-0.2, -0.15) is 0 Å². The second-order valence-electron chi connectivity index (χ2n) is 8.18. The Bertz CT molecular complexity index is 1040. The van der Waals surface area contributed by atoms with Crippen molar-refractivity contribution in [2.75, 3.05) is 13.2 Å². The van der Waals surface area contributed by atoms with Crippen molar-refractivity contribution >= 4 is 6.09 Å². The number of halogens is 1. The van der Waals surface area contributed by atoms with Gasteiger partial charge in [-0.1, -0.05) is 42.5 Å². The van der Waals surface area contributed by atoms with Crippen LogP contribution < -0.4 is 0 Å². The van der Waals surface area contributed by atoms with Crippen molar-refractivity contribution in [2.45, 2.75) is 37.8 Å². The van der Waals surface area contributed by atoms with Crippen molar-refractivity contribution in [3.05, 3.63) is 90.0 Å². The Morgan fingerprint density at radius 1 is 1.12 bits per heavy atom. The van der Waals surface area contributed by atoms with Crippen LogP contribution in [0.4, 0.5) is 9.18 Å². The van der Waals surface area contributed by atoms with Crippen LogP contribution in [0.1, 0.15) is 43.4 Å². The summed E-state index contributed by atoms with van der Waals surface area (Å²) in [5.41, 5.74) is 3.02. The van der Waals surface area contributed by atoms with Gasteiger partial charge in [-0.25, -0.2) is 9.18 Å². The molecule has 2 atom stereocenters. The number of pyridine rings is 1. The zero-order chi connectivity index (χ0) is 22.6. The van der Waals surface area contributed by atoms with E-state index in [0.717, 1.165) is 22.3 Å². The largest absolute Gasteiger partial charge is 0.438 e. The molecule has 1 aliphatic heterocycles. The molecule has 5 nitrogen and oxygen atoms in total. The Balaban J connectivity index is 1.51. The molecule has 1 unspecified atom stereocenters. The molecule has 1 aromatic heterocycles. The molecule has 0 radical (unpaired) electrons. The fraction of sp³-hybridized carbons (Fsp3) is 0.308. The number of amides is 1. The van der Waals surface area contributed by atoms with E-state index in [4.69, 9.17) is 4.74 Å². The van der Waals surface area contributed by atoms with Crippen LogP contribution in [0.25, 0.3) is 11.1 Å². The zero-order valence-corrected chi connectivity index (χ0v) is 18.1. The third kappa shape index (κ3) is 4.50. The van der Waals surface area contributed by atoms with Crippen molar-refractivity contribution in [1.82, 2.24) is 9.88 Å². The first-order valence-electron chi connectivity index (χ1n) is 10.9. The van der Waals surface area contributed by atoms with E-state index >= 15 is 0 Å². The van der Waals surface area contributed by atoms with Gasteiger partial charge < -0.3 is 14.7 Å². The molecule has 1 amide bonds. The number of benzene rings is 2. The van der Waals surface area contributed by atoms with Gasteiger partial charge >= 0.3 is 6.09 Å². The summed E-state index contributed by atoms with van der Waals surface area (Å²) in [5.74, 6) is -0.335. The Hall–Kier alpha value is -3.25. The molecule has 3 aromatic rings. The van der Waals surface area contributed by atoms with Gasteiger partial charge in [0.25, 0.3) is 0 Å². The van der Waals surface area contributed by atoms with E-state index in [1.165, 1.54) is 12.1 Å². The van der Waals surface area contributed by atoms with Crippen molar-refractivity contribution in [1.29, 1.82) is 0 Å². The molecule has 0 spiro atoms. The van der Waals surface area contributed by atoms with Gasteiger partial charge in [-0.15, -0.1) is 0 Å². The van der Waals surface area contributed by atoms with Crippen LogP contribution in [0, 0.1) is 5.82 Å². The number of hydrogen-bond acceptors (Lipinski definition) is 4. The van der Waals surface area contributed by atoms with E-state index < -0.39 is 11.7 Å². The smallest absolute Gasteiger partial charge is 0.411 e. The normalized spacial score (nSPS) is 19.5. The summed E-state index contributed by atoms with van der Waals surface area (Å²) in [6, 6.07) is 17.9. The average Bonchev–Trinajstić information content (AvgIpc) is 2.83. The average molecular weight is 435 g/mol. The first kappa shape index (κ1) is 22.0. The fourth-order valence-electron chi connectivity index (χ4n) is 4.33. The number of nitrogens with zero attached hydrogens (tertiary/aromatic N) is 2. The molecular weight excluding hydrogens is 407 g/mol. The number of rotatable bonds is 7. The lowest BCUT2D eigenvalue weighted by atomic mass is 9.84. The van der Waals surface area contributed by atoms with Gasteiger partial charge in [0, 0.05) is 32.0 Å². The summed E-state index contributed by atoms with van der Waals surface area (Å²) in [6.45, 7) is 2.50. The van der Waals surface area contributed by atoms with Crippen molar-refractivity contribution in [2.24, 2.45) is 0 Å². The number of aliphatic hydroxyl groups excluding tert-OH is 1. The maximum Gasteiger partial charge on any atom is 0.411 e. The van der Waals surface area contributed by atoms with Gasteiger partial charge in [0.05, 0.1) is 6.04 Å². The summed E-state index contributed by atoms with van der Waals surface area (Å²) < 4.78 is 19.4. The van der Waals surface area contributed by atoms with Crippen LogP contribution >= 0.6 is 0 Å². The zero-order valence-electron chi connectivity index (χ0n) is 18.1. The molecule has 32 heavy (non-hydrogen) atoms. The van der Waals surface area contributed by atoms with Crippen molar-refractivity contribution in [3.63, 3.8) is 0 Å². The van der Waals surface area contributed by atoms with E-state index in [9.17, 15) is 14.3 Å². The number of carbonyl (C=O) groups is 1. The number of hydrogen-bond donors (Lipinski definition) is 1. The quantitative estimate of drug-likeness (QED) is 0.536. The van der Waals surface area contributed by atoms with Gasteiger partial charge in [0.2, 0.25) is 0 Å². The van der Waals surface area contributed by atoms with Crippen molar-refractivity contribution < 1.29 is 19.0 Å².